The fourth-order valence-electron chi connectivity index (χ4n) is 4.36. The second-order valence-corrected chi connectivity index (χ2v) is 7.18. The van der Waals surface area contributed by atoms with Crippen molar-refractivity contribution in [2.75, 3.05) is 0 Å². The van der Waals surface area contributed by atoms with Crippen molar-refractivity contribution in [3.05, 3.63) is 35.4 Å². The number of benzene rings is 1. The molecule has 0 spiro atoms. The summed E-state index contributed by atoms with van der Waals surface area (Å²) in [6.07, 6.45) is 6.83. The standard InChI is InChI=1S/C18H28N2/c1-12(2)10-13-6-5-7-14(11-13)18(20-19)17-15-8-3-4-9-16(15)17/h5-7,11-12,15-18,20H,3-4,8-10,19H2,1-2H3. The van der Waals surface area contributed by atoms with Gasteiger partial charge in [-0.15, -0.1) is 0 Å². The molecule has 110 valence electrons. The molecule has 0 amide bonds. The maximum Gasteiger partial charge on any atom is 0.0493 e. The Kier molecular flexibility index (Phi) is 4.13. The van der Waals surface area contributed by atoms with Crippen molar-refractivity contribution < 1.29 is 0 Å². The number of hydrogen-bond acceptors (Lipinski definition) is 2. The van der Waals surface area contributed by atoms with Gasteiger partial charge in [0, 0.05) is 6.04 Å². The summed E-state index contributed by atoms with van der Waals surface area (Å²) in [4.78, 5) is 0. The highest BCUT2D eigenvalue weighted by Gasteiger charge is 2.54. The quantitative estimate of drug-likeness (QED) is 0.631. The van der Waals surface area contributed by atoms with Crippen molar-refractivity contribution in [2.45, 2.75) is 52.0 Å². The smallest absolute Gasteiger partial charge is 0.0493 e. The van der Waals surface area contributed by atoms with Crippen LogP contribution in [0, 0.1) is 23.7 Å². The molecule has 0 radical (unpaired) electrons. The number of rotatable bonds is 5. The fraction of sp³-hybridized carbons (Fsp3) is 0.667. The van der Waals surface area contributed by atoms with Gasteiger partial charge in [0.05, 0.1) is 0 Å². The lowest BCUT2D eigenvalue weighted by Crippen LogP contribution is -2.30. The Balaban J connectivity index is 1.76. The predicted molar refractivity (Wildman–Crippen MR) is 84.0 cm³/mol. The van der Waals surface area contributed by atoms with Crippen LogP contribution in [0.2, 0.25) is 0 Å². The van der Waals surface area contributed by atoms with Crippen LogP contribution in [0.3, 0.4) is 0 Å². The van der Waals surface area contributed by atoms with Crippen LogP contribution in [0.25, 0.3) is 0 Å². The highest BCUT2D eigenvalue weighted by molar-refractivity contribution is 5.29. The minimum atomic E-state index is 0.357. The zero-order valence-corrected chi connectivity index (χ0v) is 12.8. The van der Waals surface area contributed by atoms with Gasteiger partial charge in [-0.2, -0.15) is 0 Å². The maximum atomic E-state index is 5.90. The van der Waals surface area contributed by atoms with Crippen molar-refractivity contribution in [1.82, 2.24) is 5.43 Å². The Bertz CT molecular complexity index is 442. The molecular formula is C18H28N2. The Labute approximate surface area is 123 Å². The number of nitrogens with one attached hydrogen (secondary N) is 1. The molecule has 0 aromatic heterocycles. The lowest BCUT2D eigenvalue weighted by Gasteiger charge is -2.18. The molecule has 0 saturated heterocycles. The van der Waals surface area contributed by atoms with Gasteiger partial charge in [-0.25, -0.2) is 0 Å². The van der Waals surface area contributed by atoms with E-state index in [-0.39, 0.29) is 0 Å². The number of nitrogens with two attached hydrogens (primary N) is 1. The first-order valence-electron chi connectivity index (χ1n) is 8.25. The minimum absolute atomic E-state index is 0.357. The van der Waals surface area contributed by atoms with Crippen molar-refractivity contribution in [3.63, 3.8) is 0 Å². The van der Waals surface area contributed by atoms with Crippen molar-refractivity contribution in [2.24, 2.45) is 29.5 Å². The third-order valence-electron chi connectivity index (χ3n) is 5.24. The fourth-order valence-corrected chi connectivity index (χ4v) is 4.36. The monoisotopic (exact) mass is 272 g/mol. The molecule has 2 heteroatoms. The first-order valence-corrected chi connectivity index (χ1v) is 8.25. The van der Waals surface area contributed by atoms with Crippen LogP contribution in [-0.2, 0) is 6.42 Å². The van der Waals surface area contributed by atoms with Crippen LogP contribution in [0.5, 0.6) is 0 Å². The first kappa shape index (κ1) is 14.1. The van der Waals surface area contributed by atoms with Gasteiger partial charge in [-0.1, -0.05) is 51.0 Å². The van der Waals surface area contributed by atoms with Gasteiger partial charge in [0.2, 0.25) is 0 Å². The van der Waals surface area contributed by atoms with Gasteiger partial charge < -0.3 is 0 Å². The second-order valence-electron chi connectivity index (χ2n) is 7.18. The van der Waals surface area contributed by atoms with Crippen LogP contribution in [0.4, 0.5) is 0 Å². The molecule has 3 rings (SSSR count). The van der Waals surface area contributed by atoms with Crippen LogP contribution in [-0.4, -0.2) is 0 Å². The van der Waals surface area contributed by atoms with E-state index < -0.39 is 0 Å². The molecule has 0 aliphatic heterocycles. The summed E-state index contributed by atoms with van der Waals surface area (Å²) in [6, 6.07) is 9.42. The molecule has 2 aliphatic rings. The largest absolute Gasteiger partial charge is 0.271 e. The SMILES string of the molecule is CC(C)Cc1cccc(C(NN)C2C3CCCCC32)c1. The molecule has 20 heavy (non-hydrogen) atoms. The van der Waals surface area contributed by atoms with E-state index in [9.17, 15) is 0 Å². The molecule has 3 N–H and O–H groups in total. The van der Waals surface area contributed by atoms with Crippen molar-refractivity contribution in [1.29, 1.82) is 0 Å². The number of hydrazine groups is 1. The summed E-state index contributed by atoms with van der Waals surface area (Å²) in [7, 11) is 0. The molecule has 2 aliphatic carbocycles. The zero-order chi connectivity index (χ0) is 14.1. The van der Waals surface area contributed by atoms with E-state index in [0.717, 1.165) is 24.2 Å². The summed E-state index contributed by atoms with van der Waals surface area (Å²) in [5.74, 6) is 9.24. The van der Waals surface area contributed by atoms with E-state index in [2.05, 4.69) is 43.5 Å². The van der Waals surface area contributed by atoms with Gasteiger partial charge in [0.25, 0.3) is 0 Å². The summed E-state index contributed by atoms with van der Waals surface area (Å²) >= 11 is 0. The number of fused-ring (bicyclic) bond motifs is 1. The van der Waals surface area contributed by atoms with Crippen LogP contribution >= 0.6 is 0 Å². The van der Waals surface area contributed by atoms with Gasteiger partial charge >= 0.3 is 0 Å². The van der Waals surface area contributed by atoms with Crippen molar-refractivity contribution in [3.8, 4) is 0 Å². The molecular weight excluding hydrogens is 244 g/mol. The third-order valence-corrected chi connectivity index (χ3v) is 5.24. The Morgan fingerprint density at radius 1 is 1.20 bits per heavy atom. The predicted octanol–water partition coefficient (Wildman–Crippen LogP) is 3.83. The van der Waals surface area contributed by atoms with E-state index in [0.29, 0.717) is 12.0 Å². The zero-order valence-electron chi connectivity index (χ0n) is 12.8. The first-order chi connectivity index (χ1) is 9.70. The van der Waals surface area contributed by atoms with Gasteiger partial charge in [-0.05, 0) is 54.1 Å². The van der Waals surface area contributed by atoms with Crippen LogP contribution in [0.15, 0.2) is 24.3 Å². The highest BCUT2D eigenvalue weighted by atomic mass is 15.2. The molecule has 1 aromatic carbocycles. The van der Waals surface area contributed by atoms with E-state index in [1.807, 2.05) is 0 Å². The molecule has 3 atom stereocenters. The second kappa shape index (κ2) is 5.87. The van der Waals surface area contributed by atoms with Crippen molar-refractivity contribution >= 4 is 0 Å². The van der Waals surface area contributed by atoms with Gasteiger partial charge in [0.15, 0.2) is 0 Å². The molecule has 0 heterocycles. The topological polar surface area (TPSA) is 38.0 Å². The molecule has 2 saturated carbocycles. The minimum Gasteiger partial charge on any atom is -0.271 e. The summed E-state index contributed by atoms with van der Waals surface area (Å²) < 4.78 is 0. The Morgan fingerprint density at radius 2 is 1.90 bits per heavy atom. The number of hydrogen-bond donors (Lipinski definition) is 2. The van der Waals surface area contributed by atoms with E-state index >= 15 is 0 Å². The van der Waals surface area contributed by atoms with E-state index in [1.165, 1.54) is 36.8 Å². The molecule has 1 aromatic rings. The average Bonchev–Trinajstić information content (AvgIpc) is 3.14. The van der Waals surface area contributed by atoms with E-state index in [4.69, 9.17) is 5.84 Å². The average molecular weight is 272 g/mol. The van der Waals surface area contributed by atoms with E-state index in [1.54, 1.807) is 0 Å². The lowest BCUT2D eigenvalue weighted by molar-refractivity contribution is 0.456. The third kappa shape index (κ3) is 2.77. The molecule has 3 unspecified atom stereocenters. The lowest BCUT2D eigenvalue weighted by atomic mass is 9.95. The van der Waals surface area contributed by atoms with Gasteiger partial charge in [-0.3, -0.25) is 11.3 Å². The summed E-state index contributed by atoms with van der Waals surface area (Å²) in [5.41, 5.74) is 5.96. The Morgan fingerprint density at radius 3 is 2.50 bits per heavy atom. The summed E-state index contributed by atoms with van der Waals surface area (Å²) in [5, 5.41) is 0. The molecule has 0 bridgehead atoms. The molecule has 2 nitrogen and oxygen atoms in total. The Hall–Kier alpha value is -0.860. The summed E-state index contributed by atoms with van der Waals surface area (Å²) in [6.45, 7) is 4.56. The highest BCUT2D eigenvalue weighted by Crippen LogP contribution is 2.60. The maximum absolute atomic E-state index is 5.90. The molecule has 2 fully saturated rings. The van der Waals surface area contributed by atoms with Gasteiger partial charge in [0.1, 0.15) is 0 Å². The normalized spacial score (nSPS) is 30.1. The van der Waals surface area contributed by atoms with Crippen LogP contribution < -0.4 is 11.3 Å². The van der Waals surface area contributed by atoms with Crippen LogP contribution in [0.1, 0.15) is 56.7 Å².